The molecule has 0 aromatic carbocycles. The van der Waals surface area contributed by atoms with Crippen LogP contribution < -0.4 is 10.6 Å². The molecule has 1 aliphatic rings. The maximum atomic E-state index is 13.4. The van der Waals surface area contributed by atoms with Gasteiger partial charge in [0.2, 0.25) is 0 Å². The molecule has 0 bridgehead atoms. The molecule has 0 aliphatic carbocycles. The average Bonchev–Trinajstić information content (AvgIpc) is 2.51. The quantitative estimate of drug-likeness (QED) is 0.770. The van der Waals surface area contributed by atoms with Gasteiger partial charge in [-0.2, -0.15) is 26.3 Å². The Kier molecular flexibility index (Phi) is 6.23. The first-order valence-corrected chi connectivity index (χ1v) is 6.36. The summed E-state index contributed by atoms with van der Waals surface area (Å²) in [6, 6.07) is 0. The molecule has 0 saturated carbocycles. The third kappa shape index (κ3) is 4.95. The maximum absolute atomic E-state index is 13.4. The fourth-order valence-corrected chi connectivity index (χ4v) is 1.77. The summed E-state index contributed by atoms with van der Waals surface area (Å²) in [5.74, 6) is -3.83. The van der Waals surface area contributed by atoms with Crippen LogP contribution in [-0.4, -0.2) is 47.5 Å². The lowest BCUT2D eigenvalue weighted by atomic mass is 10.1. The third-order valence-electron chi connectivity index (χ3n) is 2.82. The number of nitrogens with zero attached hydrogens (tertiary/aromatic N) is 3. The van der Waals surface area contributed by atoms with Gasteiger partial charge in [0.05, 0.1) is 5.71 Å². The van der Waals surface area contributed by atoms with E-state index in [1.807, 2.05) is 0 Å². The monoisotopic (exact) mass is 391 g/mol. The largest absolute Gasteiger partial charge is 0.460 e. The third-order valence-corrected chi connectivity index (χ3v) is 2.82. The van der Waals surface area contributed by atoms with Gasteiger partial charge in [-0.15, -0.1) is 12.4 Å². The van der Waals surface area contributed by atoms with Crippen LogP contribution in [0.25, 0.3) is 0 Å². The first kappa shape index (κ1) is 21.0. The Bertz CT molecular complexity index is 648. The molecule has 0 spiro atoms. The van der Waals surface area contributed by atoms with Gasteiger partial charge in [-0.1, -0.05) is 0 Å². The average molecular weight is 392 g/mol. The van der Waals surface area contributed by atoms with E-state index in [0.29, 0.717) is 0 Å². The van der Waals surface area contributed by atoms with Crippen molar-refractivity contribution in [1.29, 1.82) is 0 Å². The van der Waals surface area contributed by atoms with E-state index in [1.54, 1.807) is 5.32 Å². The molecular weight excluding hydrogens is 380 g/mol. The van der Waals surface area contributed by atoms with Gasteiger partial charge in [0.1, 0.15) is 18.8 Å². The molecule has 1 atom stereocenters. The standard InChI is InChI=1S/C12H11F6N5O.ClH/c1-19-9-2-8(7-3-20-6-21-4-7)22-12(23-9,11(16,17)18)24-5-10(13,14)15;/h2-4,6,19,23H,5H2,1H3;1H. The van der Waals surface area contributed by atoms with Crippen LogP contribution in [0.1, 0.15) is 5.56 Å². The first-order valence-electron chi connectivity index (χ1n) is 6.36. The lowest BCUT2D eigenvalue weighted by Crippen LogP contribution is -2.61. The van der Waals surface area contributed by atoms with E-state index >= 15 is 0 Å². The highest BCUT2D eigenvalue weighted by Gasteiger charge is 2.60. The van der Waals surface area contributed by atoms with Crippen LogP contribution in [0.15, 0.2) is 35.6 Å². The molecule has 2 N–H and O–H groups in total. The van der Waals surface area contributed by atoms with Crippen molar-refractivity contribution in [3.8, 4) is 0 Å². The number of rotatable bonds is 4. The molecule has 1 unspecified atom stereocenters. The van der Waals surface area contributed by atoms with E-state index in [4.69, 9.17) is 0 Å². The van der Waals surface area contributed by atoms with Gasteiger partial charge in [0.25, 0.3) is 0 Å². The zero-order valence-electron chi connectivity index (χ0n) is 12.4. The summed E-state index contributed by atoms with van der Waals surface area (Å²) in [6.07, 6.45) is -5.58. The number of hydrogen-bond donors (Lipinski definition) is 2. The van der Waals surface area contributed by atoms with Crippen molar-refractivity contribution in [3.63, 3.8) is 0 Å². The van der Waals surface area contributed by atoms with Crippen molar-refractivity contribution in [1.82, 2.24) is 20.6 Å². The zero-order chi connectivity index (χ0) is 18.0. The number of alkyl halides is 6. The van der Waals surface area contributed by atoms with E-state index in [2.05, 4.69) is 25.0 Å². The Morgan fingerprint density at radius 1 is 1.16 bits per heavy atom. The van der Waals surface area contributed by atoms with Gasteiger partial charge in [0.15, 0.2) is 0 Å². The molecule has 13 heteroatoms. The summed E-state index contributed by atoms with van der Waals surface area (Å²) in [7, 11) is 1.29. The molecule has 1 aliphatic heterocycles. The van der Waals surface area contributed by atoms with E-state index in [1.165, 1.54) is 25.5 Å². The first-order chi connectivity index (χ1) is 11.1. The molecule has 140 valence electrons. The second-order valence-corrected chi connectivity index (χ2v) is 4.60. The fraction of sp³-hybridized carbons (Fsp3) is 0.417. The minimum absolute atomic E-state index is 0. The Hall–Kier alpha value is -2.08. The SMILES string of the molecule is CNC1=CC(c2cncnc2)=NC(OCC(F)(F)F)(C(F)(F)F)N1.Cl. The van der Waals surface area contributed by atoms with Gasteiger partial charge in [-0.25, -0.2) is 15.0 Å². The summed E-state index contributed by atoms with van der Waals surface area (Å²) in [5.41, 5.74) is -0.214. The predicted molar refractivity (Wildman–Crippen MR) is 76.9 cm³/mol. The van der Waals surface area contributed by atoms with Crippen molar-refractivity contribution in [2.24, 2.45) is 4.99 Å². The topological polar surface area (TPSA) is 71.4 Å². The number of hydrogen-bond acceptors (Lipinski definition) is 6. The molecule has 6 nitrogen and oxygen atoms in total. The number of aliphatic imine (C=N–C) groups is 1. The summed E-state index contributed by atoms with van der Waals surface area (Å²) in [4.78, 5) is 10.6. The predicted octanol–water partition coefficient (Wildman–Crippen LogP) is 2.15. The van der Waals surface area contributed by atoms with Crippen LogP contribution >= 0.6 is 12.4 Å². The lowest BCUT2D eigenvalue weighted by Gasteiger charge is -2.36. The Morgan fingerprint density at radius 2 is 1.76 bits per heavy atom. The lowest BCUT2D eigenvalue weighted by molar-refractivity contribution is -0.309. The normalized spacial score (nSPS) is 20.8. The van der Waals surface area contributed by atoms with Crippen molar-refractivity contribution in [2.75, 3.05) is 13.7 Å². The van der Waals surface area contributed by atoms with Gasteiger partial charge >= 0.3 is 18.2 Å². The molecule has 0 radical (unpaired) electrons. The number of halogens is 7. The zero-order valence-corrected chi connectivity index (χ0v) is 13.3. The molecule has 1 aromatic heterocycles. The van der Waals surface area contributed by atoms with Crippen molar-refractivity contribution >= 4 is 18.1 Å². The molecular formula is C12H12ClF6N5O. The van der Waals surface area contributed by atoms with Gasteiger partial charge in [0, 0.05) is 31.1 Å². The van der Waals surface area contributed by atoms with Crippen LogP contribution in [0, 0.1) is 0 Å². The highest BCUT2D eigenvalue weighted by Crippen LogP contribution is 2.37. The molecule has 0 saturated heterocycles. The summed E-state index contributed by atoms with van der Waals surface area (Å²) >= 11 is 0. The van der Waals surface area contributed by atoms with Crippen molar-refractivity contribution < 1.29 is 31.1 Å². The minimum atomic E-state index is -5.27. The number of nitrogens with one attached hydrogen (secondary N) is 2. The Morgan fingerprint density at radius 3 is 2.24 bits per heavy atom. The van der Waals surface area contributed by atoms with Crippen LogP contribution in [0.4, 0.5) is 26.3 Å². The van der Waals surface area contributed by atoms with Crippen molar-refractivity contribution in [2.45, 2.75) is 18.2 Å². The summed E-state index contributed by atoms with van der Waals surface area (Å²) < 4.78 is 81.4. The molecule has 2 rings (SSSR count). The van der Waals surface area contributed by atoms with Gasteiger partial charge < -0.3 is 15.4 Å². The second kappa shape index (κ2) is 7.44. The molecule has 2 heterocycles. The molecule has 0 fully saturated rings. The maximum Gasteiger partial charge on any atom is 0.460 e. The number of allylic oxidation sites excluding steroid dienone is 1. The van der Waals surface area contributed by atoms with Gasteiger partial charge in [-0.3, -0.25) is 0 Å². The molecule has 25 heavy (non-hydrogen) atoms. The van der Waals surface area contributed by atoms with E-state index in [-0.39, 0.29) is 29.5 Å². The smallest absolute Gasteiger partial charge is 0.375 e. The fourth-order valence-electron chi connectivity index (χ4n) is 1.77. The number of aromatic nitrogens is 2. The Labute approximate surface area is 143 Å². The van der Waals surface area contributed by atoms with Crippen LogP contribution in [0.2, 0.25) is 0 Å². The van der Waals surface area contributed by atoms with E-state index in [9.17, 15) is 26.3 Å². The van der Waals surface area contributed by atoms with E-state index < -0.39 is 24.8 Å². The van der Waals surface area contributed by atoms with Crippen molar-refractivity contribution in [3.05, 3.63) is 36.2 Å². The highest BCUT2D eigenvalue weighted by atomic mass is 35.5. The number of ether oxygens (including phenoxy) is 1. The molecule has 0 amide bonds. The van der Waals surface area contributed by atoms with Gasteiger partial charge in [-0.05, 0) is 0 Å². The van der Waals surface area contributed by atoms with E-state index in [0.717, 1.165) is 6.33 Å². The Balaban J connectivity index is 0.00000312. The molecule has 1 aromatic rings. The highest BCUT2D eigenvalue weighted by molar-refractivity contribution is 6.09. The minimum Gasteiger partial charge on any atom is -0.375 e. The van der Waals surface area contributed by atoms with Crippen LogP contribution in [0.5, 0.6) is 0 Å². The second-order valence-electron chi connectivity index (χ2n) is 4.60. The van der Waals surface area contributed by atoms with Crippen LogP contribution in [-0.2, 0) is 4.74 Å². The summed E-state index contributed by atoms with van der Waals surface area (Å²) in [5, 5.41) is 4.20. The summed E-state index contributed by atoms with van der Waals surface area (Å²) in [6.45, 7) is -2.14. The van der Waals surface area contributed by atoms with Crippen LogP contribution in [0.3, 0.4) is 0 Å².